The molecule has 2 saturated heterocycles. The fraction of sp³-hybridized carbons (Fsp3) is 0.684. The summed E-state index contributed by atoms with van der Waals surface area (Å²) in [7, 11) is 0. The van der Waals surface area contributed by atoms with Gasteiger partial charge in [-0.1, -0.05) is 19.0 Å². The molecular formula is C19H29N7O2. The lowest BCUT2D eigenvalue weighted by Gasteiger charge is -2.30. The molecule has 0 spiro atoms. The zero-order chi connectivity index (χ0) is 19.5. The van der Waals surface area contributed by atoms with E-state index in [1.807, 2.05) is 0 Å². The van der Waals surface area contributed by atoms with Gasteiger partial charge in [0.05, 0.1) is 19.0 Å². The van der Waals surface area contributed by atoms with Gasteiger partial charge in [0, 0.05) is 38.1 Å². The number of hydrogen-bond acceptors (Lipinski definition) is 9. The molecule has 2 aromatic heterocycles. The highest BCUT2D eigenvalue weighted by Gasteiger charge is 2.24. The quantitative estimate of drug-likeness (QED) is 0.794. The van der Waals surface area contributed by atoms with Crippen LogP contribution in [0.3, 0.4) is 0 Å². The summed E-state index contributed by atoms with van der Waals surface area (Å²) in [5, 5.41) is 4.05. The molecule has 2 aliphatic heterocycles. The maximum absolute atomic E-state index is 5.95. The van der Waals surface area contributed by atoms with Crippen LogP contribution in [0.1, 0.15) is 44.9 Å². The number of anilines is 2. The van der Waals surface area contributed by atoms with Crippen molar-refractivity contribution in [2.24, 2.45) is 11.7 Å². The van der Waals surface area contributed by atoms with E-state index < -0.39 is 0 Å². The van der Waals surface area contributed by atoms with E-state index in [9.17, 15) is 0 Å². The largest absolute Gasteiger partial charge is 0.490 e. The van der Waals surface area contributed by atoms with Crippen molar-refractivity contribution in [3.05, 3.63) is 18.2 Å². The van der Waals surface area contributed by atoms with Crippen LogP contribution in [0, 0.1) is 5.92 Å². The average molecular weight is 387 g/mol. The first-order chi connectivity index (χ1) is 13.6. The SMILES string of the molecule is CC(C)c1noc(N2CCC(COc3cnc(N4CCC(N)C4)nc3)CC2)n1. The summed E-state index contributed by atoms with van der Waals surface area (Å²) in [6, 6.07) is 0.850. The smallest absolute Gasteiger partial charge is 0.324 e. The van der Waals surface area contributed by atoms with E-state index in [0.717, 1.165) is 57.2 Å². The second-order valence-corrected chi connectivity index (χ2v) is 8.04. The first kappa shape index (κ1) is 18.9. The maximum atomic E-state index is 5.95. The maximum Gasteiger partial charge on any atom is 0.324 e. The zero-order valence-corrected chi connectivity index (χ0v) is 16.6. The standard InChI is InChI=1S/C19H29N7O2/c1-13(2)17-23-19(28-24-17)25-6-3-14(4-7-25)12-27-16-9-21-18(22-10-16)26-8-5-15(20)11-26/h9-10,13-15H,3-8,11-12,20H2,1-2H3. The van der Waals surface area contributed by atoms with E-state index in [1.54, 1.807) is 12.4 Å². The fourth-order valence-corrected chi connectivity index (χ4v) is 3.61. The number of hydrogen-bond donors (Lipinski definition) is 1. The van der Waals surface area contributed by atoms with Crippen molar-refractivity contribution < 1.29 is 9.26 Å². The van der Waals surface area contributed by atoms with E-state index >= 15 is 0 Å². The second kappa shape index (κ2) is 8.30. The highest BCUT2D eigenvalue weighted by Crippen LogP contribution is 2.24. The van der Waals surface area contributed by atoms with E-state index in [4.69, 9.17) is 15.0 Å². The predicted molar refractivity (Wildman–Crippen MR) is 106 cm³/mol. The Morgan fingerprint density at radius 2 is 1.86 bits per heavy atom. The topological polar surface area (TPSA) is 106 Å². The van der Waals surface area contributed by atoms with Gasteiger partial charge in [0.2, 0.25) is 5.95 Å². The van der Waals surface area contributed by atoms with Gasteiger partial charge in [-0.3, -0.25) is 0 Å². The monoisotopic (exact) mass is 387 g/mol. The lowest BCUT2D eigenvalue weighted by molar-refractivity contribution is 0.219. The number of piperidine rings is 1. The normalized spacial score (nSPS) is 20.9. The van der Waals surface area contributed by atoms with Gasteiger partial charge >= 0.3 is 6.01 Å². The Balaban J connectivity index is 1.23. The van der Waals surface area contributed by atoms with Crippen molar-refractivity contribution in [1.82, 2.24) is 20.1 Å². The molecule has 2 N–H and O–H groups in total. The van der Waals surface area contributed by atoms with E-state index in [-0.39, 0.29) is 12.0 Å². The predicted octanol–water partition coefficient (Wildman–Crippen LogP) is 1.82. The van der Waals surface area contributed by atoms with Gasteiger partial charge in [-0.25, -0.2) is 9.97 Å². The van der Waals surface area contributed by atoms with Crippen LogP contribution < -0.4 is 20.3 Å². The molecule has 152 valence electrons. The van der Waals surface area contributed by atoms with Gasteiger partial charge in [-0.05, 0) is 25.2 Å². The van der Waals surface area contributed by atoms with Crippen molar-refractivity contribution in [3.63, 3.8) is 0 Å². The number of nitrogens with two attached hydrogens (primary N) is 1. The Labute approximate surface area is 165 Å². The van der Waals surface area contributed by atoms with Crippen LogP contribution >= 0.6 is 0 Å². The molecule has 0 saturated carbocycles. The Morgan fingerprint density at radius 3 is 2.46 bits per heavy atom. The van der Waals surface area contributed by atoms with Crippen molar-refractivity contribution in [3.8, 4) is 5.75 Å². The van der Waals surface area contributed by atoms with Gasteiger partial charge in [0.25, 0.3) is 0 Å². The van der Waals surface area contributed by atoms with Gasteiger partial charge < -0.3 is 24.8 Å². The molecule has 0 amide bonds. The molecule has 2 aromatic rings. The van der Waals surface area contributed by atoms with Crippen LogP contribution in [-0.4, -0.2) is 58.9 Å². The minimum Gasteiger partial charge on any atom is -0.490 e. The second-order valence-electron chi connectivity index (χ2n) is 8.04. The number of aromatic nitrogens is 4. The minimum atomic E-state index is 0.217. The number of rotatable bonds is 6. The molecule has 28 heavy (non-hydrogen) atoms. The van der Waals surface area contributed by atoms with Crippen LogP contribution in [-0.2, 0) is 0 Å². The van der Waals surface area contributed by atoms with Crippen molar-refractivity contribution >= 4 is 12.0 Å². The van der Waals surface area contributed by atoms with Gasteiger partial charge in [0.1, 0.15) is 0 Å². The van der Waals surface area contributed by atoms with Crippen LogP contribution in [0.15, 0.2) is 16.9 Å². The Hall–Kier alpha value is -2.42. The number of nitrogens with zero attached hydrogens (tertiary/aromatic N) is 6. The van der Waals surface area contributed by atoms with Gasteiger partial charge in [0.15, 0.2) is 11.6 Å². The Kier molecular flexibility index (Phi) is 5.61. The van der Waals surface area contributed by atoms with Gasteiger partial charge in [-0.15, -0.1) is 0 Å². The van der Waals surface area contributed by atoms with Crippen LogP contribution in [0.2, 0.25) is 0 Å². The van der Waals surface area contributed by atoms with Gasteiger partial charge in [-0.2, -0.15) is 4.98 Å². The van der Waals surface area contributed by atoms with E-state index in [2.05, 4.69) is 43.8 Å². The summed E-state index contributed by atoms with van der Waals surface area (Å²) in [6.07, 6.45) is 6.57. The molecule has 0 radical (unpaired) electrons. The lowest BCUT2D eigenvalue weighted by atomic mass is 9.98. The summed E-state index contributed by atoms with van der Waals surface area (Å²) >= 11 is 0. The first-order valence-corrected chi connectivity index (χ1v) is 10.1. The molecule has 2 fully saturated rings. The third kappa shape index (κ3) is 4.35. The van der Waals surface area contributed by atoms with Crippen molar-refractivity contribution in [2.45, 2.75) is 45.1 Å². The van der Waals surface area contributed by atoms with E-state index in [1.165, 1.54) is 0 Å². The Bertz CT molecular complexity index is 756. The molecule has 9 nitrogen and oxygen atoms in total. The molecular weight excluding hydrogens is 358 g/mol. The molecule has 1 atom stereocenters. The number of ether oxygens (including phenoxy) is 1. The van der Waals surface area contributed by atoms with Crippen LogP contribution in [0.4, 0.5) is 12.0 Å². The highest BCUT2D eigenvalue weighted by atomic mass is 16.5. The molecule has 1 unspecified atom stereocenters. The zero-order valence-electron chi connectivity index (χ0n) is 16.6. The third-order valence-electron chi connectivity index (χ3n) is 5.44. The van der Waals surface area contributed by atoms with Crippen molar-refractivity contribution in [2.75, 3.05) is 42.6 Å². The molecule has 9 heteroatoms. The molecule has 0 bridgehead atoms. The van der Waals surface area contributed by atoms with E-state index in [0.29, 0.717) is 24.3 Å². The summed E-state index contributed by atoms with van der Waals surface area (Å²) < 4.78 is 11.3. The van der Waals surface area contributed by atoms with Crippen LogP contribution in [0.5, 0.6) is 5.75 Å². The average Bonchev–Trinajstić information content (AvgIpc) is 3.37. The summed E-state index contributed by atoms with van der Waals surface area (Å²) in [4.78, 5) is 17.6. The first-order valence-electron chi connectivity index (χ1n) is 10.1. The summed E-state index contributed by atoms with van der Waals surface area (Å²) in [6.45, 7) is 8.34. The molecule has 2 aliphatic rings. The molecule has 4 heterocycles. The minimum absolute atomic E-state index is 0.217. The Morgan fingerprint density at radius 1 is 1.14 bits per heavy atom. The van der Waals surface area contributed by atoms with Crippen LogP contribution in [0.25, 0.3) is 0 Å². The summed E-state index contributed by atoms with van der Waals surface area (Å²) in [5.74, 6) is 2.99. The molecule has 0 aliphatic carbocycles. The third-order valence-corrected chi connectivity index (χ3v) is 5.44. The fourth-order valence-electron chi connectivity index (χ4n) is 3.61. The molecule has 0 aromatic carbocycles. The van der Waals surface area contributed by atoms with Crippen molar-refractivity contribution in [1.29, 1.82) is 0 Å². The highest BCUT2D eigenvalue weighted by molar-refractivity contribution is 5.33. The molecule has 4 rings (SSSR count). The summed E-state index contributed by atoms with van der Waals surface area (Å²) in [5.41, 5.74) is 5.95. The lowest BCUT2D eigenvalue weighted by Crippen LogP contribution is -2.35.